The molecule has 1 aliphatic rings. The lowest BCUT2D eigenvalue weighted by Crippen LogP contribution is -2.45. The van der Waals surface area contributed by atoms with Crippen LogP contribution in [0.1, 0.15) is 36.2 Å². The molecule has 2 aromatic rings. The highest BCUT2D eigenvalue weighted by molar-refractivity contribution is 5.92. The van der Waals surface area contributed by atoms with Crippen LogP contribution in [0, 0.1) is 5.92 Å². The van der Waals surface area contributed by atoms with Gasteiger partial charge in [0.25, 0.3) is 5.91 Å². The van der Waals surface area contributed by atoms with Crippen LogP contribution in [0.5, 0.6) is 0 Å². The molecule has 1 aliphatic carbocycles. The van der Waals surface area contributed by atoms with Crippen LogP contribution in [-0.4, -0.2) is 33.3 Å². The zero-order valence-electron chi connectivity index (χ0n) is 13.3. The summed E-state index contributed by atoms with van der Waals surface area (Å²) in [5.74, 6) is 0.864. The summed E-state index contributed by atoms with van der Waals surface area (Å²) in [7, 11) is 0. The van der Waals surface area contributed by atoms with Crippen LogP contribution < -0.4 is 11.1 Å². The van der Waals surface area contributed by atoms with Crippen LogP contribution >= 0.6 is 24.8 Å². The number of carbonyl (C=O) groups excluding carboxylic acids is 1. The van der Waals surface area contributed by atoms with Gasteiger partial charge in [0.05, 0.1) is 0 Å². The Kier molecular flexibility index (Phi) is 8.18. The van der Waals surface area contributed by atoms with Gasteiger partial charge in [0, 0.05) is 18.4 Å². The number of nitrogens with zero attached hydrogens (tertiary/aromatic N) is 3. The summed E-state index contributed by atoms with van der Waals surface area (Å²) < 4.78 is 1.64. The van der Waals surface area contributed by atoms with Crippen LogP contribution in [0.25, 0.3) is 5.82 Å². The number of rotatable bonds is 4. The van der Waals surface area contributed by atoms with Crippen molar-refractivity contribution in [2.75, 3.05) is 6.54 Å². The fourth-order valence-corrected chi connectivity index (χ4v) is 3.00. The summed E-state index contributed by atoms with van der Waals surface area (Å²) in [6.45, 7) is 0.617. The first-order valence-electron chi connectivity index (χ1n) is 7.76. The third-order valence-corrected chi connectivity index (χ3v) is 4.23. The molecular weight excluding hydrogens is 349 g/mol. The number of hydrogen-bond donors (Lipinski definition) is 2. The first-order valence-corrected chi connectivity index (χ1v) is 7.76. The van der Waals surface area contributed by atoms with E-state index in [0.717, 1.165) is 19.3 Å². The van der Waals surface area contributed by atoms with Crippen molar-refractivity contribution in [2.45, 2.75) is 31.7 Å². The Labute approximate surface area is 154 Å². The SMILES string of the molecule is Cl.Cl.NCC1CCCCC1NC(=O)c1cccc(-n2cccn2)n1. The Morgan fingerprint density at radius 1 is 1.25 bits per heavy atom. The first kappa shape index (κ1) is 20.4. The highest BCUT2D eigenvalue weighted by atomic mass is 35.5. The minimum absolute atomic E-state index is 0. The summed E-state index contributed by atoms with van der Waals surface area (Å²) in [6.07, 6.45) is 7.90. The first-order chi connectivity index (χ1) is 10.8. The summed E-state index contributed by atoms with van der Waals surface area (Å²) >= 11 is 0. The number of amides is 1. The Bertz CT molecular complexity index is 635. The zero-order chi connectivity index (χ0) is 15.4. The number of pyridine rings is 1. The maximum atomic E-state index is 12.5. The largest absolute Gasteiger partial charge is 0.348 e. The molecule has 0 aliphatic heterocycles. The molecule has 0 bridgehead atoms. The summed E-state index contributed by atoms with van der Waals surface area (Å²) in [4.78, 5) is 16.8. The standard InChI is InChI=1S/C16H21N5O.2ClH/c17-11-12-5-1-2-6-13(12)20-16(22)14-7-3-8-15(19-14)21-10-4-9-18-21;;/h3-4,7-10,12-13H,1-2,5-6,11,17H2,(H,20,22);2*1H. The molecule has 6 nitrogen and oxygen atoms in total. The molecule has 8 heteroatoms. The molecule has 3 rings (SSSR count). The normalized spacial score (nSPS) is 19.7. The number of nitrogens with one attached hydrogen (secondary N) is 1. The molecule has 1 amide bonds. The van der Waals surface area contributed by atoms with Crippen molar-refractivity contribution < 1.29 is 4.79 Å². The average Bonchev–Trinajstić information content (AvgIpc) is 3.10. The fourth-order valence-electron chi connectivity index (χ4n) is 3.00. The van der Waals surface area contributed by atoms with E-state index in [2.05, 4.69) is 15.4 Å². The predicted molar refractivity (Wildman–Crippen MR) is 98.1 cm³/mol. The quantitative estimate of drug-likeness (QED) is 0.863. The zero-order valence-corrected chi connectivity index (χ0v) is 14.9. The highest BCUT2D eigenvalue weighted by Crippen LogP contribution is 2.23. The van der Waals surface area contributed by atoms with E-state index in [1.54, 1.807) is 23.1 Å². The third kappa shape index (κ3) is 4.69. The van der Waals surface area contributed by atoms with Gasteiger partial charge in [0.1, 0.15) is 5.69 Å². The van der Waals surface area contributed by atoms with E-state index < -0.39 is 0 Å². The summed E-state index contributed by atoms with van der Waals surface area (Å²) in [5.41, 5.74) is 6.23. The van der Waals surface area contributed by atoms with E-state index in [-0.39, 0.29) is 36.8 Å². The Balaban J connectivity index is 0.00000144. The number of hydrogen-bond acceptors (Lipinski definition) is 4. The van der Waals surface area contributed by atoms with Gasteiger partial charge in [-0.15, -0.1) is 24.8 Å². The van der Waals surface area contributed by atoms with Crippen molar-refractivity contribution in [3.8, 4) is 5.82 Å². The third-order valence-electron chi connectivity index (χ3n) is 4.23. The van der Waals surface area contributed by atoms with Crippen LogP contribution in [-0.2, 0) is 0 Å². The molecular formula is C16H23Cl2N5O. The highest BCUT2D eigenvalue weighted by Gasteiger charge is 2.26. The van der Waals surface area contributed by atoms with Crippen molar-refractivity contribution in [3.63, 3.8) is 0 Å². The number of carbonyl (C=O) groups is 1. The molecule has 0 saturated heterocycles. The molecule has 132 valence electrons. The second-order valence-electron chi connectivity index (χ2n) is 5.69. The molecule has 1 fully saturated rings. The van der Waals surface area contributed by atoms with Crippen molar-refractivity contribution in [3.05, 3.63) is 42.4 Å². The van der Waals surface area contributed by atoms with E-state index in [4.69, 9.17) is 5.73 Å². The number of aromatic nitrogens is 3. The van der Waals surface area contributed by atoms with Gasteiger partial charge in [-0.2, -0.15) is 5.10 Å². The predicted octanol–water partition coefficient (Wildman–Crippen LogP) is 2.36. The number of halogens is 2. The van der Waals surface area contributed by atoms with Crippen molar-refractivity contribution >= 4 is 30.7 Å². The van der Waals surface area contributed by atoms with E-state index in [1.165, 1.54) is 6.42 Å². The van der Waals surface area contributed by atoms with Gasteiger partial charge in [0.15, 0.2) is 5.82 Å². The summed E-state index contributed by atoms with van der Waals surface area (Å²) in [6, 6.07) is 7.35. The van der Waals surface area contributed by atoms with E-state index in [1.807, 2.05) is 18.2 Å². The lowest BCUT2D eigenvalue weighted by Gasteiger charge is -2.31. The van der Waals surface area contributed by atoms with E-state index in [0.29, 0.717) is 24.0 Å². The Morgan fingerprint density at radius 3 is 2.75 bits per heavy atom. The maximum absolute atomic E-state index is 12.5. The molecule has 2 unspecified atom stereocenters. The van der Waals surface area contributed by atoms with Gasteiger partial charge in [-0.1, -0.05) is 18.9 Å². The lowest BCUT2D eigenvalue weighted by atomic mass is 9.84. The summed E-state index contributed by atoms with van der Waals surface area (Å²) in [5, 5.41) is 7.23. The second kappa shape index (κ2) is 9.61. The van der Waals surface area contributed by atoms with Gasteiger partial charge in [-0.05, 0) is 43.5 Å². The molecule has 2 aromatic heterocycles. The van der Waals surface area contributed by atoms with Crippen molar-refractivity contribution in [1.29, 1.82) is 0 Å². The van der Waals surface area contributed by atoms with Crippen LogP contribution in [0.3, 0.4) is 0 Å². The molecule has 1 saturated carbocycles. The fraction of sp³-hybridized carbons (Fsp3) is 0.438. The van der Waals surface area contributed by atoms with Crippen LogP contribution in [0.15, 0.2) is 36.7 Å². The average molecular weight is 372 g/mol. The topological polar surface area (TPSA) is 85.8 Å². The maximum Gasteiger partial charge on any atom is 0.270 e. The minimum atomic E-state index is -0.139. The van der Waals surface area contributed by atoms with E-state index in [9.17, 15) is 4.79 Å². The molecule has 0 radical (unpaired) electrons. The smallest absolute Gasteiger partial charge is 0.270 e. The van der Waals surface area contributed by atoms with Crippen LogP contribution in [0.2, 0.25) is 0 Å². The second-order valence-corrected chi connectivity index (χ2v) is 5.69. The molecule has 2 atom stereocenters. The van der Waals surface area contributed by atoms with Crippen molar-refractivity contribution in [2.24, 2.45) is 11.7 Å². The van der Waals surface area contributed by atoms with Gasteiger partial charge < -0.3 is 11.1 Å². The van der Waals surface area contributed by atoms with E-state index >= 15 is 0 Å². The van der Waals surface area contributed by atoms with Crippen LogP contribution in [0.4, 0.5) is 0 Å². The molecule has 0 spiro atoms. The minimum Gasteiger partial charge on any atom is -0.348 e. The van der Waals surface area contributed by atoms with Gasteiger partial charge in [0.2, 0.25) is 0 Å². The molecule has 2 heterocycles. The van der Waals surface area contributed by atoms with Gasteiger partial charge >= 0.3 is 0 Å². The van der Waals surface area contributed by atoms with Gasteiger partial charge in [-0.3, -0.25) is 4.79 Å². The molecule has 24 heavy (non-hydrogen) atoms. The Hall–Kier alpha value is -1.63. The molecule has 3 N–H and O–H groups in total. The molecule has 0 aromatic carbocycles. The van der Waals surface area contributed by atoms with Gasteiger partial charge in [-0.25, -0.2) is 9.67 Å². The lowest BCUT2D eigenvalue weighted by molar-refractivity contribution is 0.0903. The Morgan fingerprint density at radius 2 is 2.04 bits per heavy atom. The monoisotopic (exact) mass is 371 g/mol. The number of nitrogens with two attached hydrogens (primary N) is 1. The van der Waals surface area contributed by atoms with Crippen molar-refractivity contribution in [1.82, 2.24) is 20.1 Å².